The normalized spacial score (nSPS) is 20.2. The number of hydrogen-bond donors (Lipinski definition) is 2. The van der Waals surface area contributed by atoms with Gasteiger partial charge in [-0.2, -0.15) is 0 Å². The van der Waals surface area contributed by atoms with E-state index in [1.54, 1.807) is 19.0 Å². The maximum atomic E-state index is 12.1. The lowest BCUT2D eigenvalue weighted by Crippen LogP contribution is -2.50. The maximum Gasteiger partial charge on any atom is 0.243 e. The van der Waals surface area contributed by atoms with Crippen LogP contribution in [0.3, 0.4) is 0 Å². The number of benzene rings is 2. The minimum Gasteiger partial charge on any atom is -0.369 e. The summed E-state index contributed by atoms with van der Waals surface area (Å²) in [5.74, 6) is 0.756. The molecule has 2 aliphatic rings. The lowest BCUT2D eigenvalue weighted by Gasteiger charge is -2.28. The van der Waals surface area contributed by atoms with Crippen LogP contribution in [0.1, 0.15) is 24.0 Å². The Kier molecular flexibility index (Phi) is 8.78. The van der Waals surface area contributed by atoms with Gasteiger partial charge in [0.1, 0.15) is 6.54 Å². The second-order valence-electron chi connectivity index (χ2n) is 8.72. The number of likely N-dealkylation sites (N-methyl/N-ethyl adjacent to an activating group) is 1. The van der Waals surface area contributed by atoms with Gasteiger partial charge in [0.05, 0.1) is 0 Å². The van der Waals surface area contributed by atoms with Crippen LogP contribution in [0.2, 0.25) is 0 Å². The van der Waals surface area contributed by atoms with Crippen molar-refractivity contribution >= 4 is 41.5 Å². The topological polar surface area (TPSA) is 60.0 Å². The zero-order chi connectivity index (χ0) is 21.6. The number of nitrogens with one attached hydrogen (secondary N) is 2. The van der Waals surface area contributed by atoms with Crippen molar-refractivity contribution in [2.45, 2.75) is 37.8 Å². The molecule has 32 heavy (non-hydrogen) atoms. The zero-order valence-electron chi connectivity index (χ0n) is 19.0. The van der Waals surface area contributed by atoms with Gasteiger partial charge in [-0.3, -0.25) is 4.79 Å². The molecule has 6 nitrogen and oxygen atoms in total. The third-order valence-electron chi connectivity index (χ3n) is 6.21. The molecule has 2 unspecified atom stereocenters. The van der Waals surface area contributed by atoms with E-state index in [-0.39, 0.29) is 36.4 Å². The standard InChI is InChI=1S/C25H33N5O.HI/c1-29(2)24(31)17-26-25(27-21-13-12-19-8-6-7-9-20(19)16-21)28-22-14-15-30(18-22)23-10-4-3-5-11-23;/h3-11,21-22H,12-18H2,1-2H3,(H2,26,27,28);1H. The number of halogens is 1. The monoisotopic (exact) mass is 547 g/mol. The lowest BCUT2D eigenvalue weighted by atomic mass is 9.88. The maximum absolute atomic E-state index is 12.1. The summed E-state index contributed by atoms with van der Waals surface area (Å²) in [4.78, 5) is 20.8. The summed E-state index contributed by atoms with van der Waals surface area (Å²) < 4.78 is 0. The van der Waals surface area contributed by atoms with Crippen molar-refractivity contribution < 1.29 is 4.79 Å². The molecular weight excluding hydrogens is 513 g/mol. The van der Waals surface area contributed by atoms with E-state index in [0.717, 1.165) is 44.7 Å². The second-order valence-corrected chi connectivity index (χ2v) is 8.72. The van der Waals surface area contributed by atoms with Gasteiger partial charge >= 0.3 is 0 Å². The molecular formula is C25H34IN5O. The third-order valence-corrected chi connectivity index (χ3v) is 6.21. The number of carbonyl (C=O) groups excluding carboxylic acids is 1. The number of carbonyl (C=O) groups is 1. The van der Waals surface area contributed by atoms with E-state index in [1.165, 1.54) is 16.8 Å². The van der Waals surface area contributed by atoms with Crippen LogP contribution in [0.5, 0.6) is 0 Å². The highest BCUT2D eigenvalue weighted by Gasteiger charge is 2.25. The van der Waals surface area contributed by atoms with E-state index in [9.17, 15) is 4.79 Å². The number of nitrogens with zero attached hydrogens (tertiary/aromatic N) is 3. The minimum atomic E-state index is 0. The highest BCUT2D eigenvalue weighted by Crippen LogP contribution is 2.22. The van der Waals surface area contributed by atoms with Gasteiger partial charge in [0, 0.05) is 45.0 Å². The molecule has 1 saturated heterocycles. The summed E-state index contributed by atoms with van der Waals surface area (Å²) in [7, 11) is 3.54. The van der Waals surface area contributed by atoms with Gasteiger partial charge in [-0.1, -0.05) is 42.5 Å². The smallest absolute Gasteiger partial charge is 0.243 e. The Bertz CT molecular complexity index is 918. The Hall–Kier alpha value is -2.29. The summed E-state index contributed by atoms with van der Waals surface area (Å²) >= 11 is 0. The first kappa shape index (κ1) is 24.4. The van der Waals surface area contributed by atoms with Crippen molar-refractivity contribution in [2.24, 2.45) is 4.99 Å². The van der Waals surface area contributed by atoms with E-state index >= 15 is 0 Å². The molecule has 2 aromatic rings. The number of aryl methyl sites for hydroxylation is 1. The fourth-order valence-electron chi connectivity index (χ4n) is 4.38. The summed E-state index contributed by atoms with van der Waals surface area (Å²) in [5.41, 5.74) is 4.11. The average Bonchev–Trinajstić information content (AvgIpc) is 3.26. The van der Waals surface area contributed by atoms with Crippen LogP contribution in [-0.4, -0.2) is 62.6 Å². The number of anilines is 1. The minimum absolute atomic E-state index is 0. The van der Waals surface area contributed by atoms with Gasteiger partial charge in [0.2, 0.25) is 5.91 Å². The van der Waals surface area contributed by atoms with Crippen molar-refractivity contribution in [1.29, 1.82) is 0 Å². The Morgan fingerprint density at radius 1 is 1.00 bits per heavy atom. The largest absolute Gasteiger partial charge is 0.369 e. The number of hydrogen-bond acceptors (Lipinski definition) is 3. The van der Waals surface area contributed by atoms with E-state index in [2.05, 4.69) is 69.1 Å². The quantitative estimate of drug-likeness (QED) is 0.344. The van der Waals surface area contributed by atoms with Crippen LogP contribution in [0.4, 0.5) is 5.69 Å². The summed E-state index contributed by atoms with van der Waals surface area (Å²) in [6, 6.07) is 19.8. The summed E-state index contributed by atoms with van der Waals surface area (Å²) in [5, 5.41) is 7.23. The first-order valence-corrected chi connectivity index (χ1v) is 11.2. The van der Waals surface area contributed by atoms with E-state index in [1.807, 2.05) is 6.07 Å². The van der Waals surface area contributed by atoms with Gasteiger partial charge in [-0.15, -0.1) is 24.0 Å². The lowest BCUT2D eigenvalue weighted by molar-refractivity contribution is -0.127. The van der Waals surface area contributed by atoms with E-state index < -0.39 is 0 Å². The van der Waals surface area contributed by atoms with Crippen molar-refractivity contribution in [3.8, 4) is 0 Å². The summed E-state index contributed by atoms with van der Waals surface area (Å²) in [6.07, 6.45) is 4.17. The van der Waals surface area contributed by atoms with Crippen LogP contribution in [0, 0.1) is 0 Å². The predicted molar refractivity (Wildman–Crippen MR) is 142 cm³/mol. The average molecular weight is 547 g/mol. The molecule has 1 aliphatic carbocycles. The predicted octanol–water partition coefficient (Wildman–Crippen LogP) is 3.06. The zero-order valence-corrected chi connectivity index (χ0v) is 21.3. The fourth-order valence-corrected chi connectivity index (χ4v) is 4.38. The molecule has 4 rings (SSSR count). The Labute approximate surface area is 208 Å². The Morgan fingerprint density at radius 3 is 2.44 bits per heavy atom. The van der Waals surface area contributed by atoms with Crippen molar-refractivity contribution in [3.05, 3.63) is 65.7 Å². The van der Waals surface area contributed by atoms with E-state index in [0.29, 0.717) is 12.1 Å². The van der Waals surface area contributed by atoms with Crippen LogP contribution in [0.25, 0.3) is 0 Å². The van der Waals surface area contributed by atoms with Crippen LogP contribution >= 0.6 is 24.0 Å². The molecule has 2 atom stereocenters. The number of para-hydroxylation sites is 1. The number of amides is 1. The number of rotatable bonds is 5. The highest BCUT2D eigenvalue weighted by atomic mass is 127. The van der Waals surface area contributed by atoms with Gasteiger partial charge in [0.15, 0.2) is 5.96 Å². The van der Waals surface area contributed by atoms with Gasteiger partial charge in [-0.25, -0.2) is 4.99 Å². The third kappa shape index (κ3) is 6.37. The van der Waals surface area contributed by atoms with Gasteiger partial charge in [0.25, 0.3) is 0 Å². The second kappa shape index (κ2) is 11.5. The SMILES string of the molecule is CN(C)C(=O)CN=C(NC1CCc2ccccc2C1)NC1CCN(c2ccccc2)C1.I. The molecule has 0 radical (unpaired) electrons. The Balaban J connectivity index is 0.00000289. The van der Waals surface area contributed by atoms with Crippen molar-refractivity contribution in [3.63, 3.8) is 0 Å². The molecule has 1 amide bonds. The first-order valence-electron chi connectivity index (χ1n) is 11.2. The van der Waals surface area contributed by atoms with Crippen LogP contribution < -0.4 is 15.5 Å². The Morgan fingerprint density at radius 2 is 1.69 bits per heavy atom. The van der Waals surface area contributed by atoms with Crippen molar-refractivity contribution in [2.75, 3.05) is 38.6 Å². The molecule has 0 saturated carbocycles. The first-order chi connectivity index (χ1) is 15.1. The molecule has 0 aromatic heterocycles. The molecule has 0 bridgehead atoms. The van der Waals surface area contributed by atoms with Crippen molar-refractivity contribution in [1.82, 2.24) is 15.5 Å². The van der Waals surface area contributed by atoms with Crippen LogP contribution in [-0.2, 0) is 17.6 Å². The number of fused-ring (bicyclic) bond motifs is 1. The fraction of sp³-hybridized carbons (Fsp3) is 0.440. The number of aliphatic imine (C=N–C) groups is 1. The van der Waals surface area contributed by atoms with Gasteiger partial charge in [-0.05, 0) is 48.9 Å². The molecule has 0 spiro atoms. The molecule has 2 N–H and O–H groups in total. The summed E-state index contributed by atoms with van der Waals surface area (Å²) in [6.45, 7) is 2.10. The van der Waals surface area contributed by atoms with Gasteiger partial charge < -0.3 is 20.4 Å². The highest BCUT2D eigenvalue weighted by molar-refractivity contribution is 14.0. The molecule has 1 aliphatic heterocycles. The molecule has 172 valence electrons. The van der Waals surface area contributed by atoms with Crippen LogP contribution in [0.15, 0.2) is 59.6 Å². The molecule has 2 aromatic carbocycles. The molecule has 7 heteroatoms. The molecule has 1 heterocycles. The molecule has 1 fully saturated rings. The van der Waals surface area contributed by atoms with E-state index in [4.69, 9.17) is 0 Å². The number of guanidine groups is 1.